The molecule has 2 aromatic heterocycles. The Morgan fingerprint density at radius 2 is 1.40 bits per heavy atom. The second-order valence-corrected chi connectivity index (χ2v) is 14.9. The monoisotopic (exact) mass is 751 g/mol. The van der Waals surface area contributed by atoms with Gasteiger partial charge in [-0.1, -0.05) is 84.9 Å². The number of ether oxygens (including phenoxy) is 1. The Bertz CT molecular complexity index is 2480. The van der Waals surface area contributed by atoms with E-state index in [1.54, 1.807) is 48.5 Å². The number of anilines is 3. The zero-order valence-electron chi connectivity index (χ0n) is 30.0. The van der Waals surface area contributed by atoms with Crippen molar-refractivity contribution < 1.29 is 18.3 Å². The summed E-state index contributed by atoms with van der Waals surface area (Å²) in [5.41, 5.74) is 5.92. The molecule has 4 N–H and O–H groups in total. The molecule has 0 spiro atoms. The van der Waals surface area contributed by atoms with Crippen molar-refractivity contribution in [2.24, 2.45) is 0 Å². The molecule has 0 aliphatic rings. The minimum Gasteiger partial charge on any atom is -0.487 e. The molecule has 0 unspecified atom stereocenters. The Kier molecular flexibility index (Phi) is 11.6. The first-order chi connectivity index (χ1) is 26.8. The largest absolute Gasteiger partial charge is 0.487 e. The summed E-state index contributed by atoms with van der Waals surface area (Å²) in [6, 6.07) is 46.6. The van der Waals surface area contributed by atoms with Crippen LogP contribution < -0.4 is 20.3 Å². The Balaban J connectivity index is 1.01. The highest BCUT2D eigenvalue weighted by atomic mass is 32.2. The molecule has 1 atom stereocenters. The molecule has 5 aromatic carbocycles. The van der Waals surface area contributed by atoms with Crippen molar-refractivity contribution in [3.05, 3.63) is 190 Å². The van der Waals surface area contributed by atoms with E-state index in [1.165, 1.54) is 12.3 Å². The van der Waals surface area contributed by atoms with Gasteiger partial charge in [0.1, 0.15) is 18.2 Å². The predicted molar refractivity (Wildman–Crippen MR) is 217 cm³/mol. The molecular formula is C44H41N5O5S. The lowest BCUT2D eigenvalue weighted by atomic mass is 10.0. The lowest BCUT2D eigenvalue weighted by Gasteiger charge is -2.26. The maximum atomic E-state index is 12.8. The fourth-order valence-electron chi connectivity index (χ4n) is 6.36. The van der Waals surface area contributed by atoms with Gasteiger partial charge in [-0.3, -0.25) is 14.4 Å². The number of benzene rings is 5. The number of sulfonamides is 1. The van der Waals surface area contributed by atoms with Crippen molar-refractivity contribution >= 4 is 38.1 Å². The van der Waals surface area contributed by atoms with Crippen molar-refractivity contribution in [2.75, 3.05) is 23.1 Å². The van der Waals surface area contributed by atoms with Crippen LogP contribution in [0.25, 0.3) is 10.9 Å². The van der Waals surface area contributed by atoms with E-state index >= 15 is 0 Å². The highest BCUT2D eigenvalue weighted by Crippen LogP contribution is 2.31. The number of fused-ring (bicyclic) bond motifs is 1. The third-order valence-electron chi connectivity index (χ3n) is 9.19. The van der Waals surface area contributed by atoms with Crippen molar-refractivity contribution in [3.63, 3.8) is 0 Å². The van der Waals surface area contributed by atoms with Gasteiger partial charge in [0.05, 0.1) is 16.5 Å². The highest BCUT2D eigenvalue weighted by Gasteiger charge is 2.19. The number of hydrogen-bond acceptors (Lipinski definition) is 8. The lowest BCUT2D eigenvalue weighted by Crippen LogP contribution is -2.30. The number of H-pyrrole nitrogens is 1. The maximum Gasteiger partial charge on any atom is 0.263 e. The highest BCUT2D eigenvalue weighted by molar-refractivity contribution is 7.92. The molecule has 0 amide bonds. The third kappa shape index (κ3) is 9.84. The number of hydrogen-bond donors (Lipinski definition) is 4. The van der Waals surface area contributed by atoms with Gasteiger partial charge in [0.25, 0.3) is 10.0 Å². The number of aliphatic hydroxyl groups is 1. The Hall–Kier alpha value is -6.27. The van der Waals surface area contributed by atoms with E-state index in [2.05, 4.69) is 49.2 Å². The molecule has 10 nitrogen and oxygen atoms in total. The summed E-state index contributed by atoms with van der Waals surface area (Å²) >= 11 is 0. The summed E-state index contributed by atoms with van der Waals surface area (Å²) in [6.07, 6.45) is 1.44. The van der Waals surface area contributed by atoms with Gasteiger partial charge in [-0.05, 0) is 89.3 Å². The van der Waals surface area contributed by atoms with Crippen LogP contribution in [0, 0.1) is 0 Å². The van der Waals surface area contributed by atoms with Gasteiger partial charge in [0, 0.05) is 48.7 Å². The summed E-state index contributed by atoms with van der Waals surface area (Å²) < 4.78 is 34.2. The van der Waals surface area contributed by atoms with Gasteiger partial charge < -0.3 is 20.1 Å². The Morgan fingerprint density at radius 3 is 2.09 bits per heavy atom. The normalized spacial score (nSPS) is 12.0. The van der Waals surface area contributed by atoms with Crippen LogP contribution in [0.3, 0.4) is 0 Å². The van der Waals surface area contributed by atoms with Crippen molar-refractivity contribution in [1.82, 2.24) is 14.9 Å². The predicted octanol–water partition coefficient (Wildman–Crippen LogP) is 7.82. The molecule has 7 aromatic rings. The standard InChI is InChI=1S/C44H41N5O5S/c50-40(38-22-24-41(44-39(38)23-25-43(51)47-44)54-31-34-11-5-2-6-12-34)30-49(29-33-9-3-1-4-10-33)28-26-32-14-16-35(17-15-32)46-36-18-20-37(21-19-36)55(52,53)48-42-13-7-8-27-45-42/h1-25,27,40,46,50H,26,28-31H2,(H,45,48)(H,47,51)/t40-/m0/s1. The molecule has 7 rings (SSSR count). The van der Waals surface area contributed by atoms with Crippen molar-refractivity contribution in [3.8, 4) is 5.75 Å². The van der Waals surface area contributed by atoms with Crippen LogP contribution in [0.15, 0.2) is 168 Å². The van der Waals surface area contributed by atoms with Crippen LogP contribution in [-0.4, -0.2) is 41.5 Å². The van der Waals surface area contributed by atoms with Gasteiger partial charge in [0.2, 0.25) is 5.56 Å². The van der Waals surface area contributed by atoms with E-state index in [1.807, 2.05) is 72.8 Å². The Labute approximate surface area is 320 Å². The zero-order chi connectivity index (χ0) is 38.0. The Morgan fingerprint density at radius 1 is 0.727 bits per heavy atom. The lowest BCUT2D eigenvalue weighted by molar-refractivity contribution is 0.110. The number of nitrogens with zero attached hydrogens (tertiary/aromatic N) is 2. The molecule has 0 fully saturated rings. The SMILES string of the molecule is O=c1ccc2c([C@@H](O)CN(CCc3ccc(Nc4ccc(S(=O)(=O)Nc5ccccn5)cc4)cc3)Cc3ccccc3)ccc(OCc3ccccc3)c2[nH]1. The van der Waals surface area contributed by atoms with Crippen LogP contribution in [-0.2, 0) is 29.6 Å². The second-order valence-electron chi connectivity index (χ2n) is 13.2. The average Bonchev–Trinajstić information content (AvgIpc) is 3.20. The smallest absolute Gasteiger partial charge is 0.263 e. The molecule has 55 heavy (non-hydrogen) atoms. The van der Waals surface area contributed by atoms with E-state index in [4.69, 9.17) is 4.74 Å². The van der Waals surface area contributed by atoms with E-state index in [0.717, 1.165) is 39.9 Å². The van der Waals surface area contributed by atoms with Crippen LogP contribution in [0.1, 0.15) is 28.4 Å². The molecule has 0 bridgehead atoms. The number of pyridine rings is 2. The fraction of sp³-hybridized carbons (Fsp3) is 0.136. The molecular weight excluding hydrogens is 711 g/mol. The summed E-state index contributed by atoms with van der Waals surface area (Å²) in [4.78, 5) is 21.7. The van der Waals surface area contributed by atoms with Crippen LogP contribution >= 0.6 is 0 Å². The quantitative estimate of drug-likeness (QED) is 0.0785. The fourth-order valence-corrected chi connectivity index (χ4v) is 7.37. The molecule has 278 valence electrons. The summed E-state index contributed by atoms with van der Waals surface area (Å²) in [5, 5.41) is 15.8. The second kappa shape index (κ2) is 17.3. The topological polar surface area (TPSA) is 137 Å². The molecule has 2 heterocycles. The number of rotatable bonds is 16. The summed E-state index contributed by atoms with van der Waals surface area (Å²) in [5.74, 6) is 0.803. The third-order valence-corrected chi connectivity index (χ3v) is 10.6. The van der Waals surface area contributed by atoms with Gasteiger partial charge in [0.15, 0.2) is 0 Å². The van der Waals surface area contributed by atoms with Crippen LogP contribution in [0.5, 0.6) is 5.75 Å². The van der Waals surface area contributed by atoms with E-state index in [9.17, 15) is 18.3 Å². The first-order valence-electron chi connectivity index (χ1n) is 18.0. The van der Waals surface area contributed by atoms with Crippen LogP contribution in [0.4, 0.5) is 17.2 Å². The molecule has 0 saturated carbocycles. The molecule has 11 heteroatoms. The van der Waals surface area contributed by atoms with Gasteiger partial charge >= 0.3 is 0 Å². The van der Waals surface area contributed by atoms with E-state index in [-0.39, 0.29) is 16.3 Å². The molecule has 0 saturated heterocycles. The minimum atomic E-state index is -3.77. The number of nitrogens with one attached hydrogen (secondary N) is 3. The van der Waals surface area contributed by atoms with E-state index < -0.39 is 16.1 Å². The average molecular weight is 752 g/mol. The minimum absolute atomic E-state index is 0.136. The van der Waals surface area contributed by atoms with Gasteiger partial charge in [-0.15, -0.1) is 0 Å². The first kappa shape index (κ1) is 37.1. The zero-order valence-corrected chi connectivity index (χ0v) is 30.8. The number of aromatic amines is 1. The number of aromatic nitrogens is 2. The summed E-state index contributed by atoms with van der Waals surface area (Å²) in [7, 11) is -3.77. The molecule has 0 aliphatic heterocycles. The van der Waals surface area contributed by atoms with Crippen molar-refractivity contribution in [1.29, 1.82) is 0 Å². The molecule has 0 radical (unpaired) electrons. The van der Waals surface area contributed by atoms with E-state index in [0.29, 0.717) is 43.1 Å². The maximum absolute atomic E-state index is 12.8. The number of aliphatic hydroxyl groups excluding tert-OH is 1. The summed E-state index contributed by atoms with van der Waals surface area (Å²) in [6.45, 7) is 2.06. The van der Waals surface area contributed by atoms with Crippen molar-refractivity contribution in [2.45, 2.75) is 30.6 Å². The van der Waals surface area contributed by atoms with Gasteiger partial charge in [-0.25, -0.2) is 13.4 Å². The van der Waals surface area contributed by atoms with Crippen LogP contribution in [0.2, 0.25) is 0 Å². The first-order valence-corrected chi connectivity index (χ1v) is 19.4. The van der Waals surface area contributed by atoms with Gasteiger partial charge in [-0.2, -0.15) is 0 Å². The molecule has 0 aliphatic carbocycles.